The standard InChI is InChI=1S/C13H18N2O/c1-9-6-7-12(11(14)8-9)15-13(16)10-4-2-3-5-10/h6-8,10H,2-5,14H2,1H3,(H,15,16). The Morgan fingerprint density at radius 2 is 2.06 bits per heavy atom. The molecule has 3 nitrogen and oxygen atoms in total. The Labute approximate surface area is 96.0 Å². The summed E-state index contributed by atoms with van der Waals surface area (Å²) in [5, 5.41) is 2.92. The van der Waals surface area contributed by atoms with Crippen LogP contribution in [0.3, 0.4) is 0 Å². The average molecular weight is 218 g/mol. The predicted octanol–water partition coefficient (Wildman–Crippen LogP) is 2.71. The van der Waals surface area contributed by atoms with Crippen molar-refractivity contribution < 1.29 is 4.79 Å². The van der Waals surface area contributed by atoms with Gasteiger partial charge < -0.3 is 11.1 Å². The molecule has 16 heavy (non-hydrogen) atoms. The molecule has 0 aromatic heterocycles. The molecule has 86 valence electrons. The van der Waals surface area contributed by atoms with E-state index in [1.807, 2.05) is 25.1 Å². The summed E-state index contributed by atoms with van der Waals surface area (Å²) in [7, 11) is 0. The number of nitrogens with two attached hydrogens (primary N) is 1. The third-order valence-electron chi connectivity index (χ3n) is 3.19. The third kappa shape index (κ3) is 2.35. The number of anilines is 2. The van der Waals surface area contributed by atoms with E-state index in [0.29, 0.717) is 5.69 Å². The van der Waals surface area contributed by atoms with Gasteiger partial charge in [-0.05, 0) is 37.5 Å². The Hall–Kier alpha value is -1.51. The lowest BCUT2D eigenvalue weighted by Gasteiger charge is -2.12. The van der Waals surface area contributed by atoms with Crippen LogP contribution in [-0.2, 0) is 4.79 Å². The lowest BCUT2D eigenvalue weighted by molar-refractivity contribution is -0.119. The van der Waals surface area contributed by atoms with Gasteiger partial charge in [0.15, 0.2) is 0 Å². The van der Waals surface area contributed by atoms with Crippen LogP contribution in [0.4, 0.5) is 11.4 Å². The first-order valence-electron chi connectivity index (χ1n) is 5.84. The fraction of sp³-hybridized carbons (Fsp3) is 0.462. The highest BCUT2D eigenvalue weighted by Crippen LogP contribution is 2.27. The molecule has 0 unspecified atom stereocenters. The SMILES string of the molecule is Cc1ccc(NC(=O)C2CCCC2)c(N)c1. The van der Waals surface area contributed by atoms with Crippen LogP contribution >= 0.6 is 0 Å². The molecular formula is C13H18N2O. The molecule has 2 rings (SSSR count). The Bertz CT molecular complexity index is 395. The third-order valence-corrected chi connectivity index (χ3v) is 3.19. The maximum Gasteiger partial charge on any atom is 0.227 e. The zero-order valence-electron chi connectivity index (χ0n) is 9.62. The van der Waals surface area contributed by atoms with E-state index in [9.17, 15) is 4.79 Å². The van der Waals surface area contributed by atoms with E-state index < -0.39 is 0 Å². The molecular weight excluding hydrogens is 200 g/mol. The second-order valence-corrected chi connectivity index (χ2v) is 4.56. The molecule has 1 aliphatic carbocycles. The molecule has 0 heterocycles. The van der Waals surface area contributed by atoms with E-state index in [2.05, 4.69) is 5.32 Å². The summed E-state index contributed by atoms with van der Waals surface area (Å²) in [6.45, 7) is 1.99. The van der Waals surface area contributed by atoms with Crippen LogP contribution in [0.25, 0.3) is 0 Å². The van der Waals surface area contributed by atoms with Crippen LogP contribution in [-0.4, -0.2) is 5.91 Å². The first-order valence-corrected chi connectivity index (χ1v) is 5.84. The normalized spacial score (nSPS) is 16.3. The van der Waals surface area contributed by atoms with Gasteiger partial charge in [0.05, 0.1) is 11.4 Å². The number of hydrogen-bond acceptors (Lipinski definition) is 2. The number of rotatable bonds is 2. The molecule has 3 heteroatoms. The molecule has 1 fully saturated rings. The van der Waals surface area contributed by atoms with E-state index in [0.717, 1.165) is 24.1 Å². The van der Waals surface area contributed by atoms with E-state index >= 15 is 0 Å². The van der Waals surface area contributed by atoms with Gasteiger partial charge in [-0.15, -0.1) is 0 Å². The van der Waals surface area contributed by atoms with Crippen molar-refractivity contribution in [2.45, 2.75) is 32.6 Å². The first kappa shape index (κ1) is 11.0. The molecule has 1 saturated carbocycles. The maximum absolute atomic E-state index is 11.9. The number of hydrogen-bond donors (Lipinski definition) is 2. The van der Waals surface area contributed by atoms with E-state index in [-0.39, 0.29) is 11.8 Å². The number of benzene rings is 1. The molecule has 0 bridgehead atoms. The number of nitrogen functional groups attached to an aromatic ring is 1. The van der Waals surface area contributed by atoms with Crippen molar-refractivity contribution in [1.29, 1.82) is 0 Å². The van der Waals surface area contributed by atoms with Gasteiger partial charge in [0.1, 0.15) is 0 Å². The molecule has 0 atom stereocenters. The van der Waals surface area contributed by atoms with Crippen LogP contribution in [0.2, 0.25) is 0 Å². The van der Waals surface area contributed by atoms with Crippen molar-refractivity contribution in [3.8, 4) is 0 Å². The molecule has 3 N–H and O–H groups in total. The van der Waals surface area contributed by atoms with Gasteiger partial charge in [-0.25, -0.2) is 0 Å². The highest BCUT2D eigenvalue weighted by Gasteiger charge is 2.22. The Balaban J connectivity index is 2.05. The summed E-state index contributed by atoms with van der Waals surface area (Å²) in [6, 6.07) is 5.71. The second kappa shape index (κ2) is 4.56. The molecule has 0 radical (unpaired) electrons. The minimum atomic E-state index is 0.119. The van der Waals surface area contributed by atoms with E-state index in [1.54, 1.807) is 0 Å². The highest BCUT2D eigenvalue weighted by molar-refractivity contribution is 5.95. The molecule has 1 aromatic rings. The monoisotopic (exact) mass is 218 g/mol. The van der Waals surface area contributed by atoms with Gasteiger partial charge in [0.2, 0.25) is 5.91 Å². The van der Waals surface area contributed by atoms with Gasteiger partial charge in [-0.3, -0.25) is 4.79 Å². The number of amides is 1. The fourth-order valence-corrected chi connectivity index (χ4v) is 2.22. The molecule has 0 spiro atoms. The Kier molecular flexibility index (Phi) is 3.13. The van der Waals surface area contributed by atoms with Crippen molar-refractivity contribution >= 4 is 17.3 Å². The number of carbonyl (C=O) groups excluding carboxylic acids is 1. The lowest BCUT2D eigenvalue weighted by Crippen LogP contribution is -2.20. The van der Waals surface area contributed by atoms with Crippen LogP contribution < -0.4 is 11.1 Å². The van der Waals surface area contributed by atoms with Crippen molar-refractivity contribution in [2.24, 2.45) is 5.92 Å². The number of aryl methyl sites for hydroxylation is 1. The molecule has 1 amide bonds. The summed E-state index contributed by atoms with van der Waals surface area (Å²) in [6.07, 6.45) is 4.36. The number of nitrogens with one attached hydrogen (secondary N) is 1. The molecule has 0 saturated heterocycles. The minimum absolute atomic E-state index is 0.119. The Morgan fingerprint density at radius 1 is 1.38 bits per heavy atom. The average Bonchev–Trinajstić information content (AvgIpc) is 2.75. The summed E-state index contributed by atoms with van der Waals surface area (Å²) in [4.78, 5) is 11.9. The smallest absolute Gasteiger partial charge is 0.227 e. The molecule has 1 aromatic carbocycles. The van der Waals surface area contributed by atoms with Crippen LogP contribution in [0.1, 0.15) is 31.2 Å². The van der Waals surface area contributed by atoms with Crippen molar-refractivity contribution in [3.63, 3.8) is 0 Å². The Morgan fingerprint density at radius 3 is 2.69 bits per heavy atom. The highest BCUT2D eigenvalue weighted by atomic mass is 16.1. The summed E-state index contributed by atoms with van der Waals surface area (Å²) < 4.78 is 0. The second-order valence-electron chi connectivity index (χ2n) is 4.56. The van der Waals surface area contributed by atoms with E-state index in [1.165, 1.54) is 12.8 Å². The van der Waals surface area contributed by atoms with Crippen LogP contribution in [0.15, 0.2) is 18.2 Å². The maximum atomic E-state index is 11.9. The van der Waals surface area contributed by atoms with Crippen LogP contribution in [0, 0.1) is 12.8 Å². The topological polar surface area (TPSA) is 55.1 Å². The zero-order valence-corrected chi connectivity index (χ0v) is 9.62. The molecule has 1 aliphatic rings. The first-order chi connectivity index (χ1) is 7.66. The van der Waals surface area contributed by atoms with Gasteiger partial charge in [-0.1, -0.05) is 18.9 Å². The largest absolute Gasteiger partial charge is 0.397 e. The lowest BCUT2D eigenvalue weighted by atomic mass is 10.1. The van der Waals surface area contributed by atoms with Crippen LogP contribution in [0.5, 0.6) is 0 Å². The fourth-order valence-electron chi connectivity index (χ4n) is 2.22. The predicted molar refractivity (Wildman–Crippen MR) is 66.2 cm³/mol. The van der Waals surface area contributed by atoms with Gasteiger partial charge in [0, 0.05) is 5.92 Å². The van der Waals surface area contributed by atoms with Gasteiger partial charge in [-0.2, -0.15) is 0 Å². The van der Waals surface area contributed by atoms with Crippen molar-refractivity contribution in [1.82, 2.24) is 0 Å². The molecule has 0 aliphatic heterocycles. The quantitative estimate of drug-likeness (QED) is 0.750. The zero-order chi connectivity index (χ0) is 11.5. The number of carbonyl (C=O) groups is 1. The van der Waals surface area contributed by atoms with Gasteiger partial charge in [0.25, 0.3) is 0 Å². The van der Waals surface area contributed by atoms with Gasteiger partial charge >= 0.3 is 0 Å². The summed E-state index contributed by atoms with van der Waals surface area (Å²) >= 11 is 0. The van der Waals surface area contributed by atoms with E-state index in [4.69, 9.17) is 5.73 Å². The minimum Gasteiger partial charge on any atom is -0.397 e. The summed E-state index contributed by atoms with van der Waals surface area (Å²) in [5.41, 5.74) is 8.34. The van der Waals surface area contributed by atoms with Crippen molar-refractivity contribution in [3.05, 3.63) is 23.8 Å². The van der Waals surface area contributed by atoms with Crippen molar-refractivity contribution in [2.75, 3.05) is 11.1 Å². The summed E-state index contributed by atoms with van der Waals surface area (Å²) in [5.74, 6) is 0.300.